The Hall–Kier alpha value is -0.910. The number of guanidine groups is 1. The van der Waals surface area contributed by atoms with Crippen LogP contribution in [0.15, 0.2) is 35.3 Å². The topological polar surface area (TPSA) is 85.8 Å². The zero-order valence-electron chi connectivity index (χ0n) is 16.1. The fourth-order valence-corrected chi connectivity index (χ4v) is 3.53. The van der Waals surface area contributed by atoms with E-state index in [9.17, 15) is 8.42 Å². The first-order chi connectivity index (χ1) is 12.5. The third kappa shape index (κ3) is 10.3. The highest BCUT2D eigenvalue weighted by Crippen LogP contribution is 2.13. The molecule has 3 N–H and O–H groups in total. The van der Waals surface area contributed by atoms with E-state index in [1.165, 1.54) is 11.8 Å². The summed E-state index contributed by atoms with van der Waals surface area (Å²) >= 11 is 0. The number of sulfonamides is 1. The Morgan fingerprint density at radius 2 is 1.85 bits per heavy atom. The van der Waals surface area contributed by atoms with Gasteiger partial charge in [0.2, 0.25) is 10.0 Å². The standard InChI is InChI=1S/C18H31N5O2S.HI/c1-19-18(20-11-6-12-21-26(2,24)25)22-17-9-13-23(14-10-17)15-16-7-4-3-5-8-16;/h3-5,7-8,17,21H,6,9-15H2,1-2H3,(H2,19,20,22);1H. The van der Waals surface area contributed by atoms with Gasteiger partial charge in [0.15, 0.2) is 5.96 Å². The molecule has 0 spiro atoms. The maximum atomic E-state index is 11.0. The normalized spacial score (nSPS) is 16.6. The van der Waals surface area contributed by atoms with Gasteiger partial charge in [-0.25, -0.2) is 13.1 Å². The highest BCUT2D eigenvalue weighted by atomic mass is 127. The van der Waals surface area contributed by atoms with Gasteiger partial charge in [-0.15, -0.1) is 24.0 Å². The van der Waals surface area contributed by atoms with E-state index in [-0.39, 0.29) is 24.0 Å². The van der Waals surface area contributed by atoms with Crippen molar-refractivity contribution in [3.63, 3.8) is 0 Å². The van der Waals surface area contributed by atoms with Gasteiger partial charge in [0.05, 0.1) is 6.26 Å². The van der Waals surface area contributed by atoms with Crippen molar-refractivity contribution in [2.45, 2.75) is 31.8 Å². The van der Waals surface area contributed by atoms with Crippen LogP contribution in [0, 0.1) is 0 Å². The number of nitrogens with zero attached hydrogens (tertiary/aromatic N) is 2. The molecule has 0 aliphatic carbocycles. The van der Waals surface area contributed by atoms with Gasteiger partial charge < -0.3 is 10.6 Å². The Morgan fingerprint density at radius 3 is 2.44 bits per heavy atom. The second-order valence-electron chi connectivity index (χ2n) is 6.70. The summed E-state index contributed by atoms with van der Waals surface area (Å²) in [6, 6.07) is 11.0. The second-order valence-corrected chi connectivity index (χ2v) is 8.53. The molecule has 1 aromatic rings. The number of halogens is 1. The first-order valence-electron chi connectivity index (χ1n) is 9.14. The third-order valence-corrected chi connectivity index (χ3v) is 5.14. The van der Waals surface area contributed by atoms with Crippen molar-refractivity contribution in [1.29, 1.82) is 0 Å². The average Bonchev–Trinajstić information content (AvgIpc) is 2.62. The monoisotopic (exact) mass is 509 g/mol. The molecule has 1 aliphatic rings. The van der Waals surface area contributed by atoms with Gasteiger partial charge in [-0.2, -0.15) is 0 Å². The van der Waals surface area contributed by atoms with E-state index in [1.54, 1.807) is 7.05 Å². The largest absolute Gasteiger partial charge is 0.356 e. The summed E-state index contributed by atoms with van der Waals surface area (Å²) in [7, 11) is -1.35. The molecule has 0 saturated carbocycles. The summed E-state index contributed by atoms with van der Waals surface area (Å²) in [5.74, 6) is 0.783. The van der Waals surface area contributed by atoms with E-state index in [1.807, 2.05) is 0 Å². The quantitative estimate of drug-likeness (QED) is 0.214. The molecular weight excluding hydrogens is 477 g/mol. The van der Waals surface area contributed by atoms with Crippen molar-refractivity contribution in [3.8, 4) is 0 Å². The number of hydrogen-bond acceptors (Lipinski definition) is 4. The van der Waals surface area contributed by atoms with Crippen molar-refractivity contribution < 1.29 is 8.42 Å². The Kier molecular flexibility index (Phi) is 11.2. The maximum absolute atomic E-state index is 11.0. The van der Waals surface area contributed by atoms with Gasteiger partial charge >= 0.3 is 0 Å². The lowest BCUT2D eigenvalue weighted by Crippen LogP contribution is -2.48. The van der Waals surface area contributed by atoms with Crippen molar-refractivity contribution in [3.05, 3.63) is 35.9 Å². The van der Waals surface area contributed by atoms with Crippen LogP contribution in [0.4, 0.5) is 0 Å². The Balaban J connectivity index is 0.00000364. The number of likely N-dealkylation sites (tertiary alicyclic amines) is 1. The number of nitrogens with one attached hydrogen (secondary N) is 3. The highest BCUT2D eigenvalue weighted by Gasteiger charge is 2.19. The molecule has 1 aliphatic heterocycles. The summed E-state index contributed by atoms with van der Waals surface area (Å²) in [6.07, 6.45) is 4.06. The van der Waals surface area contributed by atoms with Crippen molar-refractivity contribution in [1.82, 2.24) is 20.3 Å². The maximum Gasteiger partial charge on any atom is 0.208 e. The van der Waals surface area contributed by atoms with Crippen LogP contribution in [0.2, 0.25) is 0 Å². The van der Waals surface area contributed by atoms with Gasteiger partial charge in [0, 0.05) is 45.8 Å². The lowest BCUT2D eigenvalue weighted by Gasteiger charge is -2.33. The number of piperidine rings is 1. The predicted octanol–water partition coefficient (Wildman–Crippen LogP) is 1.37. The number of aliphatic imine (C=N–C) groups is 1. The lowest BCUT2D eigenvalue weighted by molar-refractivity contribution is 0.198. The smallest absolute Gasteiger partial charge is 0.208 e. The molecule has 1 heterocycles. The van der Waals surface area contributed by atoms with Crippen molar-refractivity contribution in [2.24, 2.45) is 4.99 Å². The summed E-state index contributed by atoms with van der Waals surface area (Å²) in [5, 5.41) is 6.72. The average molecular weight is 509 g/mol. The summed E-state index contributed by atoms with van der Waals surface area (Å²) in [5.41, 5.74) is 1.36. The molecule has 1 aromatic carbocycles. The van der Waals surface area contributed by atoms with Crippen molar-refractivity contribution in [2.75, 3.05) is 39.5 Å². The molecule has 27 heavy (non-hydrogen) atoms. The Morgan fingerprint density at radius 1 is 1.19 bits per heavy atom. The molecule has 0 aromatic heterocycles. The first-order valence-corrected chi connectivity index (χ1v) is 11.0. The van der Waals surface area contributed by atoms with Crippen LogP contribution in [-0.4, -0.2) is 64.8 Å². The molecule has 0 unspecified atom stereocenters. The van der Waals surface area contributed by atoms with Crippen LogP contribution in [0.25, 0.3) is 0 Å². The molecule has 0 bridgehead atoms. The molecule has 0 atom stereocenters. The second kappa shape index (κ2) is 12.5. The van der Waals surface area contributed by atoms with Gasteiger partial charge in [-0.3, -0.25) is 9.89 Å². The number of rotatable bonds is 8. The molecular formula is C18H32IN5O2S. The van der Waals surface area contributed by atoms with Crippen LogP contribution in [0.1, 0.15) is 24.8 Å². The van der Waals surface area contributed by atoms with Gasteiger partial charge in [-0.1, -0.05) is 30.3 Å². The van der Waals surface area contributed by atoms with E-state index < -0.39 is 10.0 Å². The van der Waals surface area contributed by atoms with Gasteiger partial charge in [-0.05, 0) is 24.8 Å². The van der Waals surface area contributed by atoms with Crippen LogP contribution in [0.3, 0.4) is 0 Å². The predicted molar refractivity (Wildman–Crippen MR) is 122 cm³/mol. The van der Waals surface area contributed by atoms with Crippen LogP contribution in [0.5, 0.6) is 0 Å². The summed E-state index contributed by atoms with van der Waals surface area (Å²) in [4.78, 5) is 6.74. The molecule has 0 amide bonds. The fraction of sp³-hybridized carbons (Fsp3) is 0.611. The van der Waals surface area contributed by atoms with Gasteiger partial charge in [0.1, 0.15) is 0 Å². The molecule has 0 radical (unpaired) electrons. The van der Waals surface area contributed by atoms with Crippen LogP contribution in [-0.2, 0) is 16.6 Å². The molecule has 1 saturated heterocycles. The summed E-state index contributed by atoms with van der Waals surface area (Å²) in [6.45, 7) is 4.26. The molecule has 9 heteroatoms. The first kappa shape index (κ1) is 24.1. The third-order valence-electron chi connectivity index (χ3n) is 4.41. The van der Waals surface area contributed by atoms with Crippen molar-refractivity contribution >= 4 is 40.0 Å². The minimum absolute atomic E-state index is 0. The van der Waals surface area contributed by atoms with E-state index >= 15 is 0 Å². The van der Waals surface area contributed by atoms with Crippen LogP contribution < -0.4 is 15.4 Å². The van der Waals surface area contributed by atoms with E-state index in [0.29, 0.717) is 25.6 Å². The summed E-state index contributed by atoms with van der Waals surface area (Å²) < 4.78 is 24.5. The Bertz CT molecular complexity index is 662. The fourth-order valence-electron chi connectivity index (χ4n) is 3.02. The lowest BCUT2D eigenvalue weighted by atomic mass is 10.0. The van der Waals surface area contributed by atoms with E-state index in [4.69, 9.17) is 0 Å². The molecule has 7 nitrogen and oxygen atoms in total. The number of benzene rings is 1. The zero-order valence-corrected chi connectivity index (χ0v) is 19.3. The van der Waals surface area contributed by atoms with Crippen LogP contribution >= 0.6 is 24.0 Å². The minimum Gasteiger partial charge on any atom is -0.356 e. The molecule has 154 valence electrons. The molecule has 1 fully saturated rings. The Labute approximate surface area is 180 Å². The zero-order chi connectivity index (χ0) is 18.8. The molecule has 2 rings (SSSR count). The van der Waals surface area contributed by atoms with E-state index in [2.05, 4.69) is 55.6 Å². The number of hydrogen-bond donors (Lipinski definition) is 3. The van der Waals surface area contributed by atoms with Gasteiger partial charge in [0.25, 0.3) is 0 Å². The van der Waals surface area contributed by atoms with E-state index in [0.717, 1.165) is 38.4 Å². The minimum atomic E-state index is -3.11. The highest BCUT2D eigenvalue weighted by molar-refractivity contribution is 14.0. The SMILES string of the molecule is CN=C(NCCCNS(C)(=O)=O)NC1CCN(Cc2ccccc2)CC1.I.